The summed E-state index contributed by atoms with van der Waals surface area (Å²) in [5.74, 6) is 0.659. The van der Waals surface area contributed by atoms with Crippen LogP contribution in [0, 0.1) is 0 Å². The molecule has 29 heavy (non-hydrogen) atoms. The number of rotatable bonds is 6. The Balaban J connectivity index is 0.00000300. The lowest BCUT2D eigenvalue weighted by Crippen LogP contribution is -2.50. The lowest BCUT2D eigenvalue weighted by Gasteiger charge is -2.35. The standard InChI is InChI=1S/C22H27N3O3.ClH/c1-2-28-20-10-6-4-8-18(20)22(27)25-15-13-24(14-16-25)21(26)12-11-17-7-3-5-9-19(17)23;/h3-10H,2,11-16,23H2,1H3;1H. The Kier molecular flexibility index (Phi) is 8.34. The van der Waals surface area contributed by atoms with E-state index in [1.165, 1.54) is 0 Å². The highest BCUT2D eigenvalue weighted by Gasteiger charge is 2.26. The zero-order valence-electron chi connectivity index (χ0n) is 16.7. The number of carbonyl (C=O) groups excluding carboxylic acids is 2. The van der Waals surface area contributed by atoms with Crippen LogP contribution in [0.4, 0.5) is 5.69 Å². The molecule has 2 aromatic carbocycles. The summed E-state index contributed by atoms with van der Waals surface area (Å²) in [5, 5.41) is 0. The number of nitrogens with two attached hydrogens (primary N) is 1. The van der Waals surface area contributed by atoms with Crippen LogP contribution in [0.25, 0.3) is 0 Å². The normalized spacial score (nSPS) is 13.6. The van der Waals surface area contributed by atoms with Gasteiger partial charge in [-0.15, -0.1) is 12.4 Å². The number of aryl methyl sites for hydroxylation is 1. The molecule has 1 fully saturated rings. The zero-order chi connectivity index (χ0) is 19.9. The fourth-order valence-corrected chi connectivity index (χ4v) is 3.42. The number of nitrogens with zero attached hydrogens (tertiary/aromatic N) is 2. The third kappa shape index (κ3) is 5.64. The Labute approximate surface area is 178 Å². The number of para-hydroxylation sites is 2. The Morgan fingerprint density at radius 3 is 2.28 bits per heavy atom. The lowest BCUT2D eigenvalue weighted by atomic mass is 10.1. The summed E-state index contributed by atoms with van der Waals surface area (Å²) in [6.45, 7) is 4.56. The van der Waals surface area contributed by atoms with Gasteiger partial charge < -0.3 is 20.3 Å². The molecule has 156 valence electrons. The highest BCUT2D eigenvalue weighted by atomic mass is 35.5. The molecule has 7 heteroatoms. The lowest BCUT2D eigenvalue weighted by molar-refractivity contribution is -0.132. The van der Waals surface area contributed by atoms with Crippen molar-refractivity contribution >= 4 is 29.9 Å². The van der Waals surface area contributed by atoms with Crippen molar-refractivity contribution in [1.29, 1.82) is 0 Å². The maximum Gasteiger partial charge on any atom is 0.257 e. The van der Waals surface area contributed by atoms with Crippen LogP contribution >= 0.6 is 12.4 Å². The van der Waals surface area contributed by atoms with Crippen molar-refractivity contribution in [2.45, 2.75) is 19.8 Å². The molecule has 0 saturated carbocycles. The molecular formula is C22H28ClN3O3. The van der Waals surface area contributed by atoms with E-state index in [2.05, 4.69) is 0 Å². The van der Waals surface area contributed by atoms with Gasteiger partial charge in [0.15, 0.2) is 0 Å². The number of piperazine rings is 1. The molecule has 0 spiro atoms. The fraction of sp³-hybridized carbons (Fsp3) is 0.364. The minimum atomic E-state index is -0.0480. The zero-order valence-corrected chi connectivity index (χ0v) is 17.5. The maximum atomic E-state index is 12.8. The van der Waals surface area contributed by atoms with Crippen LogP contribution in [0.5, 0.6) is 5.75 Å². The first kappa shape index (κ1) is 22.6. The van der Waals surface area contributed by atoms with Gasteiger partial charge in [-0.2, -0.15) is 0 Å². The van der Waals surface area contributed by atoms with E-state index in [4.69, 9.17) is 10.5 Å². The molecule has 0 atom stereocenters. The van der Waals surface area contributed by atoms with Crippen LogP contribution in [0.1, 0.15) is 29.3 Å². The first-order chi connectivity index (χ1) is 13.6. The summed E-state index contributed by atoms with van der Waals surface area (Å²) in [5.41, 5.74) is 8.24. The van der Waals surface area contributed by atoms with E-state index in [1.807, 2.05) is 54.3 Å². The minimum absolute atomic E-state index is 0. The van der Waals surface area contributed by atoms with Gasteiger partial charge in [0, 0.05) is 38.3 Å². The monoisotopic (exact) mass is 417 g/mol. The summed E-state index contributed by atoms with van der Waals surface area (Å²) in [6.07, 6.45) is 1.06. The highest BCUT2D eigenvalue weighted by Crippen LogP contribution is 2.21. The molecule has 3 rings (SSSR count). The van der Waals surface area contributed by atoms with E-state index in [0.29, 0.717) is 56.9 Å². The van der Waals surface area contributed by atoms with E-state index < -0.39 is 0 Å². The van der Waals surface area contributed by atoms with Crippen molar-refractivity contribution in [2.75, 3.05) is 38.5 Å². The van der Waals surface area contributed by atoms with Gasteiger partial charge in [0.25, 0.3) is 5.91 Å². The Bertz CT molecular complexity index is 836. The molecule has 0 radical (unpaired) electrons. The maximum absolute atomic E-state index is 12.8. The van der Waals surface area contributed by atoms with E-state index >= 15 is 0 Å². The summed E-state index contributed by atoms with van der Waals surface area (Å²) in [7, 11) is 0. The first-order valence-electron chi connectivity index (χ1n) is 9.72. The number of nitrogen functional groups attached to an aromatic ring is 1. The van der Waals surface area contributed by atoms with Gasteiger partial charge in [0.1, 0.15) is 5.75 Å². The van der Waals surface area contributed by atoms with Gasteiger partial charge in [0.05, 0.1) is 12.2 Å². The molecular weight excluding hydrogens is 390 g/mol. The van der Waals surface area contributed by atoms with E-state index in [-0.39, 0.29) is 24.2 Å². The van der Waals surface area contributed by atoms with Crippen LogP contribution < -0.4 is 10.5 Å². The molecule has 0 unspecified atom stereocenters. The molecule has 1 saturated heterocycles. The van der Waals surface area contributed by atoms with Crippen molar-refractivity contribution in [3.8, 4) is 5.75 Å². The Morgan fingerprint density at radius 2 is 1.59 bits per heavy atom. The summed E-state index contributed by atoms with van der Waals surface area (Å²) < 4.78 is 5.57. The third-order valence-electron chi connectivity index (χ3n) is 5.00. The second-order valence-corrected chi connectivity index (χ2v) is 6.80. The number of hydrogen-bond acceptors (Lipinski definition) is 4. The number of amides is 2. The molecule has 2 aromatic rings. The first-order valence-corrected chi connectivity index (χ1v) is 9.72. The molecule has 0 aromatic heterocycles. The molecule has 1 aliphatic rings. The van der Waals surface area contributed by atoms with Crippen LogP contribution in [-0.2, 0) is 11.2 Å². The minimum Gasteiger partial charge on any atom is -0.493 e. The van der Waals surface area contributed by atoms with Crippen molar-refractivity contribution in [2.24, 2.45) is 0 Å². The largest absolute Gasteiger partial charge is 0.493 e. The van der Waals surface area contributed by atoms with Crippen molar-refractivity contribution in [3.05, 3.63) is 59.7 Å². The second-order valence-electron chi connectivity index (χ2n) is 6.80. The predicted molar refractivity (Wildman–Crippen MR) is 117 cm³/mol. The highest BCUT2D eigenvalue weighted by molar-refractivity contribution is 5.97. The van der Waals surface area contributed by atoms with E-state index in [0.717, 1.165) is 11.3 Å². The SMILES string of the molecule is CCOc1ccccc1C(=O)N1CCN(C(=O)CCc2ccccc2N)CC1.Cl. The molecule has 2 amide bonds. The van der Waals surface area contributed by atoms with Gasteiger partial charge in [-0.05, 0) is 37.1 Å². The Morgan fingerprint density at radius 1 is 0.966 bits per heavy atom. The number of carbonyl (C=O) groups is 2. The van der Waals surface area contributed by atoms with Gasteiger partial charge in [-0.1, -0.05) is 30.3 Å². The molecule has 1 heterocycles. The van der Waals surface area contributed by atoms with Gasteiger partial charge in [0.2, 0.25) is 5.91 Å². The van der Waals surface area contributed by atoms with Crippen molar-refractivity contribution in [3.63, 3.8) is 0 Å². The topological polar surface area (TPSA) is 75.9 Å². The van der Waals surface area contributed by atoms with Crippen LogP contribution in [0.15, 0.2) is 48.5 Å². The van der Waals surface area contributed by atoms with Gasteiger partial charge >= 0.3 is 0 Å². The Hall–Kier alpha value is -2.73. The summed E-state index contributed by atoms with van der Waals surface area (Å²) >= 11 is 0. The average molecular weight is 418 g/mol. The summed E-state index contributed by atoms with van der Waals surface area (Å²) in [6, 6.07) is 14.9. The van der Waals surface area contributed by atoms with E-state index in [9.17, 15) is 9.59 Å². The number of benzene rings is 2. The molecule has 6 nitrogen and oxygen atoms in total. The average Bonchev–Trinajstić information content (AvgIpc) is 2.73. The molecule has 2 N–H and O–H groups in total. The summed E-state index contributed by atoms with van der Waals surface area (Å²) in [4.78, 5) is 29.0. The van der Waals surface area contributed by atoms with Crippen molar-refractivity contribution in [1.82, 2.24) is 9.80 Å². The number of anilines is 1. The quantitative estimate of drug-likeness (QED) is 0.733. The van der Waals surface area contributed by atoms with Gasteiger partial charge in [-0.25, -0.2) is 0 Å². The van der Waals surface area contributed by atoms with Crippen molar-refractivity contribution < 1.29 is 14.3 Å². The second kappa shape index (κ2) is 10.7. The van der Waals surface area contributed by atoms with Gasteiger partial charge in [-0.3, -0.25) is 9.59 Å². The number of ether oxygens (including phenoxy) is 1. The fourth-order valence-electron chi connectivity index (χ4n) is 3.42. The predicted octanol–water partition coefficient (Wildman–Crippen LogP) is 3.01. The number of hydrogen-bond donors (Lipinski definition) is 1. The molecule has 0 bridgehead atoms. The number of halogens is 1. The smallest absolute Gasteiger partial charge is 0.257 e. The van der Waals surface area contributed by atoms with E-state index in [1.54, 1.807) is 11.0 Å². The van der Waals surface area contributed by atoms with Crippen LogP contribution in [-0.4, -0.2) is 54.4 Å². The molecule has 1 aliphatic heterocycles. The molecule has 0 aliphatic carbocycles. The van der Waals surface area contributed by atoms with Crippen LogP contribution in [0.2, 0.25) is 0 Å². The van der Waals surface area contributed by atoms with Crippen LogP contribution in [0.3, 0.4) is 0 Å². The third-order valence-corrected chi connectivity index (χ3v) is 5.00.